The topological polar surface area (TPSA) is 30.7 Å². The van der Waals surface area contributed by atoms with Crippen molar-refractivity contribution in [3.63, 3.8) is 0 Å². The smallest absolute Gasteiger partial charge is 0.121 e. The van der Waals surface area contributed by atoms with Crippen LogP contribution >= 0.6 is 0 Å². The maximum absolute atomic E-state index is 5.07. The largest absolute Gasteiger partial charge is 0.184 e. The SMILES string of the molecule is CC.CCCCCCCCCCn1nc2c(-c3ccc(C(C)(C)C)cc3)ccc(-c3ccc(C(C)(C)C)cc3)c2n1. The highest BCUT2D eigenvalue weighted by molar-refractivity contribution is 6.00. The number of hydrogen-bond donors (Lipinski definition) is 0. The Balaban J connectivity index is 0.00000226. The Hall–Kier alpha value is -2.94. The third kappa shape index (κ3) is 8.77. The lowest BCUT2D eigenvalue weighted by molar-refractivity contribution is 0.485. The monoisotopic (exact) mass is 553 g/mol. The predicted molar refractivity (Wildman–Crippen MR) is 180 cm³/mol. The lowest BCUT2D eigenvalue weighted by Crippen LogP contribution is -2.10. The van der Waals surface area contributed by atoms with Crippen molar-refractivity contribution in [1.82, 2.24) is 15.0 Å². The summed E-state index contributed by atoms with van der Waals surface area (Å²) in [6, 6.07) is 22.4. The molecule has 41 heavy (non-hydrogen) atoms. The highest BCUT2D eigenvalue weighted by Crippen LogP contribution is 2.35. The van der Waals surface area contributed by atoms with Gasteiger partial charge in [0.2, 0.25) is 0 Å². The van der Waals surface area contributed by atoms with E-state index in [1.807, 2.05) is 18.6 Å². The lowest BCUT2D eigenvalue weighted by atomic mass is 9.85. The van der Waals surface area contributed by atoms with E-state index in [1.54, 1.807) is 0 Å². The molecule has 0 aliphatic carbocycles. The minimum atomic E-state index is 0.135. The summed E-state index contributed by atoms with van der Waals surface area (Å²) >= 11 is 0. The Morgan fingerprint density at radius 1 is 0.512 bits per heavy atom. The molecule has 3 nitrogen and oxygen atoms in total. The number of fused-ring (bicyclic) bond motifs is 1. The molecule has 0 aliphatic heterocycles. The van der Waals surface area contributed by atoms with E-state index in [0.29, 0.717) is 0 Å². The molecule has 0 spiro atoms. The second-order valence-corrected chi connectivity index (χ2v) is 13.3. The zero-order valence-corrected chi connectivity index (χ0v) is 27.5. The van der Waals surface area contributed by atoms with Crippen LogP contribution in [-0.2, 0) is 17.4 Å². The number of benzene rings is 3. The number of aryl methyl sites for hydroxylation is 1. The van der Waals surface area contributed by atoms with Crippen molar-refractivity contribution >= 4 is 11.0 Å². The average molecular weight is 554 g/mol. The third-order valence-electron chi connectivity index (χ3n) is 7.92. The zero-order valence-electron chi connectivity index (χ0n) is 27.5. The number of hydrogen-bond acceptors (Lipinski definition) is 2. The first-order chi connectivity index (χ1) is 19.6. The maximum Gasteiger partial charge on any atom is 0.121 e. The van der Waals surface area contributed by atoms with E-state index in [1.165, 1.54) is 67.2 Å². The van der Waals surface area contributed by atoms with Gasteiger partial charge in [-0.25, -0.2) is 0 Å². The Labute approximate surface area is 250 Å². The molecule has 0 radical (unpaired) electrons. The van der Waals surface area contributed by atoms with E-state index < -0.39 is 0 Å². The highest BCUT2D eigenvalue weighted by atomic mass is 15.5. The van der Waals surface area contributed by atoms with Crippen molar-refractivity contribution in [3.8, 4) is 22.3 Å². The van der Waals surface area contributed by atoms with E-state index in [-0.39, 0.29) is 10.8 Å². The van der Waals surface area contributed by atoms with Gasteiger partial charge in [0, 0.05) is 11.1 Å². The van der Waals surface area contributed by atoms with E-state index in [2.05, 4.69) is 109 Å². The molecule has 1 heterocycles. The quantitative estimate of drug-likeness (QED) is 0.173. The molecule has 0 saturated carbocycles. The van der Waals surface area contributed by atoms with Gasteiger partial charge >= 0.3 is 0 Å². The van der Waals surface area contributed by atoms with E-state index in [0.717, 1.165) is 35.1 Å². The molecule has 0 N–H and O–H groups in total. The van der Waals surface area contributed by atoms with Crippen molar-refractivity contribution in [3.05, 3.63) is 71.8 Å². The molecule has 0 atom stereocenters. The Morgan fingerprint density at radius 2 is 0.878 bits per heavy atom. The van der Waals surface area contributed by atoms with Crippen LogP contribution in [0.3, 0.4) is 0 Å². The number of aromatic nitrogens is 3. The summed E-state index contributed by atoms with van der Waals surface area (Å²) in [5.74, 6) is 0. The maximum atomic E-state index is 5.07. The Kier molecular flexibility index (Phi) is 11.8. The van der Waals surface area contributed by atoms with Crippen LogP contribution < -0.4 is 0 Å². The fourth-order valence-corrected chi connectivity index (χ4v) is 5.29. The summed E-state index contributed by atoms with van der Waals surface area (Å²) in [7, 11) is 0. The summed E-state index contributed by atoms with van der Waals surface area (Å²) < 4.78 is 0. The number of nitrogens with zero attached hydrogens (tertiary/aromatic N) is 3. The van der Waals surface area contributed by atoms with Gasteiger partial charge in [0.25, 0.3) is 0 Å². The molecular weight excluding hydrogens is 498 g/mol. The predicted octanol–water partition coefficient (Wildman–Crippen LogP) is 11.5. The molecule has 4 rings (SSSR count). The van der Waals surface area contributed by atoms with Crippen molar-refractivity contribution < 1.29 is 0 Å². The second-order valence-electron chi connectivity index (χ2n) is 13.3. The summed E-state index contributed by atoms with van der Waals surface area (Å²) in [5.41, 5.74) is 9.65. The lowest BCUT2D eigenvalue weighted by Gasteiger charge is -2.19. The van der Waals surface area contributed by atoms with Crippen molar-refractivity contribution in [1.29, 1.82) is 0 Å². The minimum absolute atomic E-state index is 0.135. The van der Waals surface area contributed by atoms with Crippen LogP contribution in [0.15, 0.2) is 60.7 Å². The molecule has 0 bridgehead atoms. The number of unbranched alkanes of at least 4 members (excludes halogenated alkanes) is 7. The molecule has 222 valence electrons. The summed E-state index contributed by atoms with van der Waals surface area (Å²) in [6.07, 6.45) is 10.4. The molecular formula is C38H55N3. The first kappa shape index (κ1) is 32.6. The van der Waals surface area contributed by atoms with Crippen LogP contribution in [0.4, 0.5) is 0 Å². The molecule has 4 aromatic rings. The van der Waals surface area contributed by atoms with Crippen LogP contribution in [0, 0.1) is 0 Å². The fourth-order valence-electron chi connectivity index (χ4n) is 5.29. The first-order valence-electron chi connectivity index (χ1n) is 16.2. The minimum Gasteiger partial charge on any atom is -0.184 e. The summed E-state index contributed by atoms with van der Waals surface area (Å²) in [6.45, 7) is 20.7. The Morgan fingerprint density at radius 3 is 1.24 bits per heavy atom. The second kappa shape index (κ2) is 14.8. The van der Waals surface area contributed by atoms with Crippen LogP contribution in [0.1, 0.15) is 125 Å². The molecule has 0 amide bonds. The Bertz CT molecular complexity index is 1240. The van der Waals surface area contributed by atoms with Crippen LogP contribution in [0.2, 0.25) is 0 Å². The third-order valence-corrected chi connectivity index (χ3v) is 7.92. The zero-order chi connectivity index (χ0) is 30.0. The molecule has 0 fully saturated rings. The van der Waals surface area contributed by atoms with Crippen LogP contribution in [0.5, 0.6) is 0 Å². The van der Waals surface area contributed by atoms with E-state index in [9.17, 15) is 0 Å². The van der Waals surface area contributed by atoms with Gasteiger partial charge in [-0.1, -0.05) is 168 Å². The van der Waals surface area contributed by atoms with Crippen molar-refractivity contribution in [2.24, 2.45) is 0 Å². The van der Waals surface area contributed by atoms with Gasteiger partial charge in [-0.15, -0.1) is 0 Å². The van der Waals surface area contributed by atoms with Crippen molar-refractivity contribution in [2.45, 2.75) is 131 Å². The molecule has 3 aromatic carbocycles. The molecule has 0 unspecified atom stereocenters. The normalized spacial score (nSPS) is 11.9. The highest BCUT2D eigenvalue weighted by Gasteiger charge is 2.18. The van der Waals surface area contributed by atoms with Crippen LogP contribution in [-0.4, -0.2) is 15.0 Å². The van der Waals surface area contributed by atoms with E-state index >= 15 is 0 Å². The van der Waals surface area contributed by atoms with Crippen LogP contribution in [0.25, 0.3) is 33.3 Å². The fraction of sp³-hybridized carbons (Fsp3) is 0.526. The summed E-state index contributed by atoms with van der Waals surface area (Å²) in [4.78, 5) is 1.95. The van der Waals surface area contributed by atoms with Gasteiger partial charge < -0.3 is 0 Å². The van der Waals surface area contributed by atoms with Gasteiger partial charge in [0.1, 0.15) is 11.0 Å². The number of rotatable bonds is 11. The molecule has 3 heteroatoms. The van der Waals surface area contributed by atoms with Gasteiger partial charge in [-0.2, -0.15) is 15.0 Å². The molecule has 0 saturated heterocycles. The van der Waals surface area contributed by atoms with E-state index in [4.69, 9.17) is 10.2 Å². The van der Waals surface area contributed by atoms with Gasteiger partial charge in [-0.05, 0) is 39.5 Å². The summed E-state index contributed by atoms with van der Waals surface area (Å²) in [5, 5.41) is 10.1. The van der Waals surface area contributed by atoms with Gasteiger partial charge in [0.15, 0.2) is 0 Å². The molecule has 1 aromatic heterocycles. The molecule has 0 aliphatic rings. The first-order valence-corrected chi connectivity index (χ1v) is 16.2. The standard InChI is InChI=1S/C36H49N3.C2H6/c1-8-9-10-11-12-13-14-15-26-39-37-33-31(27-16-20-29(21-17-27)35(2,3)4)24-25-32(34(33)38-39)28-18-22-30(23-19-28)36(5,6)7;1-2/h16-25H,8-15,26H2,1-7H3;1-2H3. The van der Waals surface area contributed by atoms with Gasteiger partial charge in [0.05, 0.1) is 6.54 Å². The average Bonchev–Trinajstić information content (AvgIpc) is 3.38. The van der Waals surface area contributed by atoms with Gasteiger partial charge in [-0.3, -0.25) is 0 Å². The van der Waals surface area contributed by atoms with Crippen molar-refractivity contribution in [2.75, 3.05) is 0 Å².